The third-order valence-corrected chi connectivity index (χ3v) is 3.20. The van der Waals surface area contributed by atoms with Crippen LogP contribution in [0.1, 0.15) is 19.8 Å². The minimum absolute atomic E-state index is 0.149. The Bertz CT molecular complexity index is 403. The number of likely N-dealkylation sites (tertiary alicyclic amines) is 1. The lowest BCUT2D eigenvalue weighted by molar-refractivity contribution is 0.310. The van der Waals surface area contributed by atoms with Crippen LogP contribution in [0.5, 0.6) is 6.01 Å². The van der Waals surface area contributed by atoms with E-state index in [0.717, 1.165) is 13.1 Å². The molecule has 2 heterocycles. The first-order chi connectivity index (χ1) is 8.69. The van der Waals surface area contributed by atoms with Crippen LogP contribution in [0.25, 0.3) is 0 Å². The fraction of sp³-hybridized carbons (Fsp3) is 0.727. The van der Waals surface area contributed by atoms with E-state index in [0.29, 0.717) is 18.6 Å². The van der Waals surface area contributed by atoms with Gasteiger partial charge in [0.1, 0.15) is 0 Å². The standard InChI is InChI=1S/C11H18ClN5O/c1-3-18-11-15-9(12)14-10(16-11)13-7-8-5-4-6-17(8)2/h8H,3-7H2,1-2H3,(H,13,14,15,16). The van der Waals surface area contributed by atoms with Gasteiger partial charge in [-0.05, 0) is 45.0 Å². The molecule has 0 amide bonds. The number of aromatic nitrogens is 3. The van der Waals surface area contributed by atoms with Crippen LogP contribution in [0.4, 0.5) is 5.95 Å². The van der Waals surface area contributed by atoms with Crippen molar-refractivity contribution >= 4 is 17.5 Å². The maximum absolute atomic E-state index is 5.82. The lowest BCUT2D eigenvalue weighted by Gasteiger charge is -2.19. The predicted molar refractivity (Wildman–Crippen MR) is 70.1 cm³/mol. The molecule has 1 aromatic heterocycles. The Morgan fingerprint density at radius 1 is 1.44 bits per heavy atom. The number of ether oxygens (including phenoxy) is 1. The minimum atomic E-state index is 0.149. The zero-order valence-electron chi connectivity index (χ0n) is 10.7. The molecule has 0 aliphatic carbocycles. The third kappa shape index (κ3) is 3.43. The van der Waals surface area contributed by atoms with Gasteiger partial charge in [0.2, 0.25) is 11.2 Å². The quantitative estimate of drug-likeness (QED) is 0.874. The van der Waals surface area contributed by atoms with Crippen molar-refractivity contribution in [3.8, 4) is 6.01 Å². The van der Waals surface area contributed by atoms with E-state index >= 15 is 0 Å². The smallest absolute Gasteiger partial charge is 0.322 e. The van der Waals surface area contributed by atoms with E-state index in [2.05, 4.69) is 32.2 Å². The molecule has 100 valence electrons. The van der Waals surface area contributed by atoms with E-state index in [9.17, 15) is 0 Å². The number of nitrogens with one attached hydrogen (secondary N) is 1. The highest BCUT2D eigenvalue weighted by Crippen LogP contribution is 2.16. The third-order valence-electron chi connectivity index (χ3n) is 3.03. The maximum atomic E-state index is 5.82. The molecule has 1 aromatic rings. The van der Waals surface area contributed by atoms with Crippen LogP contribution in [-0.4, -0.2) is 52.6 Å². The van der Waals surface area contributed by atoms with E-state index in [1.54, 1.807) is 0 Å². The van der Waals surface area contributed by atoms with Gasteiger partial charge in [-0.15, -0.1) is 0 Å². The zero-order valence-corrected chi connectivity index (χ0v) is 11.4. The van der Waals surface area contributed by atoms with Crippen molar-refractivity contribution in [2.45, 2.75) is 25.8 Å². The second kappa shape index (κ2) is 6.15. The summed E-state index contributed by atoms with van der Waals surface area (Å²) in [5.74, 6) is 0.471. The highest BCUT2D eigenvalue weighted by molar-refractivity contribution is 6.28. The Balaban J connectivity index is 1.95. The van der Waals surface area contributed by atoms with Crippen LogP contribution in [0, 0.1) is 0 Å². The maximum Gasteiger partial charge on any atom is 0.322 e. The van der Waals surface area contributed by atoms with Crippen LogP contribution in [-0.2, 0) is 0 Å². The number of rotatable bonds is 5. The summed E-state index contributed by atoms with van der Waals surface area (Å²) in [6.07, 6.45) is 2.44. The summed E-state index contributed by atoms with van der Waals surface area (Å²) in [6, 6.07) is 0.788. The van der Waals surface area contributed by atoms with Gasteiger partial charge in [0, 0.05) is 12.6 Å². The van der Waals surface area contributed by atoms with Crippen molar-refractivity contribution in [3.63, 3.8) is 0 Å². The average molecular weight is 272 g/mol. The van der Waals surface area contributed by atoms with Crippen molar-refractivity contribution in [3.05, 3.63) is 5.28 Å². The molecule has 2 rings (SSSR count). The second-order valence-electron chi connectivity index (χ2n) is 4.30. The Kier molecular flexibility index (Phi) is 4.54. The molecule has 1 atom stereocenters. The molecule has 18 heavy (non-hydrogen) atoms. The van der Waals surface area contributed by atoms with Crippen molar-refractivity contribution in [1.29, 1.82) is 0 Å². The normalized spacial score (nSPS) is 20.1. The van der Waals surface area contributed by atoms with Gasteiger partial charge in [-0.2, -0.15) is 15.0 Å². The first kappa shape index (κ1) is 13.3. The molecule has 0 spiro atoms. The Hall–Kier alpha value is -1.14. The van der Waals surface area contributed by atoms with Crippen LogP contribution in [0.2, 0.25) is 5.28 Å². The van der Waals surface area contributed by atoms with Gasteiger partial charge in [0.25, 0.3) is 0 Å². The van der Waals surface area contributed by atoms with Gasteiger partial charge in [-0.25, -0.2) is 0 Å². The lowest BCUT2D eigenvalue weighted by atomic mass is 10.2. The van der Waals surface area contributed by atoms with Crippen LogP contribution in [0.15, 0.2) is 0 Å². The predicted octanol–water partition coefficient (Wildman–Crippen LogP) is 1.43. The molecule has 0 bridgehead atoms. The number of likely N-dealkylation sites (N-methyl/N-ethyl adjacent to an activating group) is 1. The van der Waals surface area contributed by atoms with Gasteiger partial charge in [0.15, 0.2) is 0 Å². The zero-order chi connectivity index (χ0) is 13.0. The largest absolute Gasteiger partial charge is 0.464 e. The van der Waals surface area contributed by atoms with Gasteiger partial charge in [-0.1, -0.05) is 0 Å². The lowest BCUT2D eigenvalue weighted by Crippen LogP contribution is -2.32. The summed E-state index contributed by atoms with van der Waals surface area (Å²) in [7, 11) is 2.13. The SMILES string of the molecule is CCOc1nc(Cl)nc(NCC2CCCN2C)n1. The number of halogens is 1. The van der Waals surface area contributed by atoms with Crippen molar-refractivity contribution in [1.82, 2.24) is 19.9 Å². The van der Waals surface area contributed by atoms with Crippen molar-refractivity contribution in [2.24, 2.45) is 0 Å². The van der Waals surface area contributed by atoms with E-state index in [1.807, 2.05) is 6.92 Å². The summed E-state index contributed by atoms with van der Waals surface area (Å²) in [4.78, 5) is 14.4. The first-order valence-electron chi connectivity index (χ1n) is 6.17. The van der Waals surface area contributed by atoms with E-state index < -0.39 is 0 Å². The Labute approximate surface area is 112 Å². The Morgan fingerprint density at radius 3 is 2.94 bits per heavy atom. The van der Waals surface area contributed by atoms with Crippen LogP contribution >= 0.6 is 11.6 Å². The van der Waals surface area contributed by atoms with Crippen LogP contribution in [0.3, 0.4) is 0 Å². The fourth-order valence-corrected chi connectivity index (χ4v) is 2.20. The average Bonchev–Trinajstić information content (AvgIpc) is 2.72. The topological polar surface area (TPSA) is 63.2 Å². The molecular formula is C11H18ClN5O. The number of anilines is 1. The van der Waals surface area contributed by atoms with Gasteiger partial charge in [0.05, 0.1) is 6.61 Å². The minimum Gasteiger partial charge on any atom is -0.464 e. The molecule has 1 aliphatic heterocycles. The van der Waals surface area contributed by atoms with E-state index in [4.69, 9.17) is 16.3 Å². The van der Waals surface area contributed by atoms with Crippen LogP contribution < -0.4 is 10.1 Å². The number of hydrogen-bond donors (Lipinski definition) is 1. The van der Waals surface area contributed by atoms with E-state index in [-0.39, 0.29) is 11.3 Å². The monoisotopic (exact) mass is 271 g/mol. The Morgan fingerprint density at radius 2 is 2.28 bits per heavy atom. The highest BCUT2D eigenvalue weighted by atomic mass is 35.5. The summed E-state index contributed by atoms with van der Waals surface area (Å²) < 4.78 is 5.22. The first-order valence-corrected chi connectivity index (χ1v) is 6.55. The molecule has 1 aliphatic rings. The van der Waals surface area contributed by atoms with Crippen molar-refractivity contribution in [2.75, 3.05) is 32.1 Å². The summed E-state index contributed by atoms with van der Waals surface area (Å²) in [5, 5.41) is 3.34. The summed E-state index contributed by atoms with van der Waals surface area (Å²) in [5.41, 5.74) is 0. The molecule has 7 heteroatoms. The van der Waals surface area contributed by atoms with Gasteiger partial charge in [-0.3, -0.25) is 0 Å². The van der Waals surface area contributed by atoms with Gasteiger partial charge < -0.3 is 15.0 Å². The number of hydrogen-bond acceptors (Lipinski definition) is 6. The molecular weight excluding hydrogens is 254 g/mol. The molecule has 1 saturated heterocycles. The molecule has 1 unspecified atom stereocenters. The summed E-state index contributed by atoms with van der Waals surface area (Å²) >= 11 is 5.82. The molecule has 6 nitrogen and oxygen atoms in total. The number of nitrogens with zero attached hydrogens (tertiary/aromatic N) is 4. The molecule has 0 radical (unpaired) electrons. The molecule has 1 N–H and O–H groups in total. The van der Waals surface area contributed by atoms with Gasteiger partial charge >= 0.3 is 6.01 Å². The van der Waals surface area contributed by atoms with E-state index in [1.165, 1.54) is 12.8 Å². The fourth-order valence-electron chi connectivity index (χ4n) is 2.05. The molecule has 1 fully saturated rings. The highest BCUT2D eigenvalue weighted by Gasteiger charge is 2.20. The molecule has 0 aromatic carbocycles. The second-order valence-corrected chi connectivity index (χ2v) is 4.64. The molecule has 0 saturated carbocycles. The van der Waals surface area contributed by atoms with Crippen molar-refractivity contribution < 1.29 is 4.74 Å². The summed E-state index contributed by atoms with van der Waals surface area (Å²) in [6.45, 7) is 4.33.